The molecule has 2 unspecified atom stereocenters. The Balaban J connectivity index is 3.36. The molecule has 1 aliphatic heterocycles. The molecule has 0 aromatic rings. The fourth-order valence-corrected chi connectivity index (χ4v) is 2.92. The van der Waals surface area contributed by atoms with Crippen LogP contribution in [0.25, 0.3) is 0 Å². The van der Waals surface area contributed by atoms with Gasteiger partial charge in [0.1, 0.15) is 11.6 Å². The van der Waals surface area contributed by atoms with Crippen molar-refractivity contribution in [1.29, 1.82) is 0 Å². The van der Waals surface area contributed by atoms with Crippen molar-refractivity contribution in [3.63, 3.8) is 0 Å². The molecule has 4 heteroatoms. The zero-order valence-corrected chi connectivity index (χ0v) is 14.0. The summed E-state index contributed by atoms with van der Waals surface area (Å²) >= 11 is 0. The predicted molar refractivity (Wildman–Crippen MR) is 81.3 cm³/mol. The second-order valence-corrected chi connectivity index (χ2v) is 6.74. The highest BCUT2D eigenvalue weighted by Gasteiger charge is 2.52. The first-order chi connectivity index (χ1) is 9.16. The summed E-state index contributed by atoms with van der Waals surface area (Å²) in [6.45, 7) is 14.1. The van der Waals surface area contributed by atoms with E-state index in [1.807, 2.05) is 32.6 Å². The molecule has 0 spiro atoms. The number of carbonyl (C=O) groups is 2. The first-order valence-electron chi connectivity index (χ1n) is 7.82. The SMILES string of the molecule is CCC1(C)NC(=O)C(C(C)C)N(C(C)(CC)CC)C1=O. The van der Waals surface area contributed by atoms with E-state index in [0.717, 1.165) is 12.8 Å². The van der Waals surface area contributed by atoms with E-state index in [1.165, 1.54) is 0 Å². The van der Waals surface area contributed by atoms with Gasteiger partial charge < -0.3 is 10.2 Å². The third-order valence-corrected chi connectivity index (χ3v) is 5.08. The number of piperazine rings is 1. The molecule has 0 saturated carbocycles. The summed E-state index contributed by atoms with van der Waals surface area (Å²) in [6, 6.07) is -0.368. The molecule has 2 amide bonds. The Labute approximate surface area is 123 Å². The lowest BCUT2D eigenvalue weighted by atomic mass is 9.81. The summed E-state index contributed by atoms with van der Waals surface area (Å²) in [5.41, 5.74) is -1.03. The summed E-state index contributed by atoms with van der Waals surface area (Å²) in [5, 5.41) is 2.94. The van der Waals surface area contributed by atoms with E-state index in [0.29, 0.717) is 6.42 Å². The molecule has 4 nitrogen and oxygen atoms in total. The van der Waals surface area contributed by atoms with Gasteiger partial charge in [-0.1, -0.05) is 34.6 Å². The zero-order chi connectivity index (χ0) is 15.7. The standard InChI is InChI=1S/C16H30N2O2/c1-8-15(6,9-2)18-12(11(4)5)13(19)17-16(7,10-3)14(18)20/h11-12H,8-10H2,1-7H3,(H,17,19). The van der Waals surface area contributed by atoms with Gasteiger partial charge in [0.2, 0.25) is 11.8 Å². The molecule has 1 heterocycles. The molecule has 1 N–H and O–H groups in total. The first-order valence-corrected chi connectivity index (χ1v) is 7.82. The lowest BCUT2D eigenvalue weighted by Gasteiger charge is -2.53. The Kier molecular flexibility index (Phi) is 4.88. The van der Waals surface area contributed by atoms with Crippen LogP contribution < -0.4 is 5.32 Å². The zero-order valence-electron chi connectivity index (χ0n) is 14.0. The van der Waals surface area contributed by atoms with Crippen LogP contribution in [0.15, 0.2) is 0 Å². The minimum absolute atomic E-state index is 0.0166. The van der Waals surface area contributed by atoms with Crippen LogP contribution >= 0.6 is 0 Å². The fraction of sp³-hybridized carbons (Fsp3) is 0.875. The Morgan fingerprint density at radius 1 is 1.25 bits per heavy atom. The van der Waals surface area contributed by atoms with E-state index in [2.05, 4.69) is 26.1 Å². The second-order valence-electron chi connectivity index (χ2n) is 6.74. The van der Waals surface area contributed by atoms with Crippen LogP contribution in [0.4, 0.5) is 0 Å². The number of nitrogens with one attached hydrogen (secondary N) is 1. The van der Waals surface area contributed by atoms with Gasteiger partial charge in [-0.15, -0.1) is 0 Å². The summed E-state index contributed by atoms with van der Waals surface area (Å²) in [5.74, 6) is 0.152. The van der Waals surface area contributed by atoms with Gasteiger partial charge in [-0.2, -0.15) is 0 Å². The molecule has 0 aromatic carbocycles. The molecule has 1 saturated heterocycles. The minimum Gasteiger partial charge on any atom is -0.340 e. The Bertz CT molecular complexity index is 388. The fourth-order valence-electron chi connectivity index (χ4n) is 2.92. The lowest BCUT2D eigenvalue weighted by Crippen LogP contribution is -2.74. The summed E-state index contributed by atoms with van der Waals surface area (Å²) in [4.78, 5) is 27.4. The third-order valence-electron chi connectivity index (χ3n) is 5.08. The highest BCUT2D eigenvalue weighted by atomic mass is 16.2. The van der Waals surface area contributed by atoms with Crippen molar-refractivity contribution >= 4 is 11.8 Å². The maximum Gasteiger partial charge on any atom is 0.249 e. The van der Waals surface area contributed by atoms with Crippen LogP contribution in [-0.2, 0) is 9.59 Å². The lowest BCUT2D eigenvalue weighted by molar-refractivity contribution is -0.164. The van der Waals surface area contributed by atoms with Crippen LogP contribution in [0.5, 0.6) is 0 Å². The molecule has 2 atom stereocenters. The minimum atomic E-state index is -0.770. The number of hydrogen-bond acceptors (Lipinski definition) is 2. The summed E-state index contributed by atoms with van der Waals surface area (Å²) in [7, 11) is 0. The first kappa shape index (κ1) is 17.0. The molecule has 0 bridgehead atoms. The largest absolute Gasteiger partial charge is 0.340 e. The molecule has 116 valence electrons. The van der Waals surface area contributed by atoms with E-state index in [-0.39, 0.29) is 29.3 Å². The van der Waals surface area contributed by atoms with Crippen molar-refractivity contribution in [3.8, 4) is 0 Å². The number of hydrogen-bond donors (Lipinski definition) is 1. The van der Waals surface area contributed by atoms with Gasteiger partial charge in [-0.05, 0) is 39.0 Å². The highest BCUT2D eigenvalue weighted by Crippen LogP contribution is 2.34. The Morgan fingerprint density at radius 2 is 1.75 bits per heavy atom. The topological polar surface area (TPSA) is 49.4 Å². The van der Waals surface area contributed by atoms with Gasteiger partial charge in [-0.3, -0.25) is 9.59 Å². The number of amides is 2. The monoisotopic (exact) mass is 282 g/mol. The molecule has 0 radical (unpaired) electrons. The van der Waals surface area contributed by atoms with Crippen LogP contribution in [0.2, 0.25) is 0 Å². The van der Waals surface area contributed by atoms with Crippen LogP contribution in [0.1, 0.15) is 67.7 Å². The molecular formula is C16H30N2O2. The summed E-state index contributed by atoms with van der Waals surface area (Å²) in [6.07, 6.45) is 2.32. The van der Waals surface area contributed by atoms with E-state index in [4.69, 9.17) is 0 Å². The molecule has 20 heavy (non-hydrogen) atoms. The maximum atomic E-state index is 13.0. The number of nitrogens with zero attached hydrogens (tertiary/aromatic N) is 1. The normalized spacial score (nSPS) is 28.0. The smallest absolute Gasteiger partial charge is 0.249 e. The van der Waals surface area contributed by atoms with Gasteiger partial charge in [0.05, 0.1) is 0 Å². The van der Waals surface area contributed by atoms with Crippen molar-refractivity contribution in [2.75, 3.05) is 0 Å². The Morgan fingerprint density at radius 3 is 2.10 bits per heavy atom. The van der Waals surface area contributed by atoms with Gasteiger partial charge in [0.25, 0.3) is 0 Å². The maximum absolute atomic E-state index is 13.0. The molecular weight excluding hydrogens is 252 g/mol. The molecule has 1 fully saturated rings. The van der Waals surface area contributed by atoms with E-state index < -0.39 is 5.54 Å². The molecule has 0 aliphatic carbocycles. The van der Waals surface area contributed by atoms with Crippen molar-refractivity contribution in [1.82, 2.24) is 10.2 Å². The Hall–Kier alpha value is -1.06. The van der Waals surface area contributed by atoms with Crippen LogP contribution in [0, 0.1) is 5.92 Å². The second kappa shape index (κ2) is 5.74. The van der Waals surface area contributed by atoms with Gasteiger partial charge in [0, 0.05) is 5.54 Å². The molecule has 1 rings (SSSR count). The van der Waals surface area contributed by atoms with Crippen molar-refractivity contribution in [2.45, 2.75) is 84.8 Å². The third kappa shape index (κ3) is 2.57. The van der Waals surface area contributed by atoms with Crippen molar-refractivity contribution in [2.24, 2.45) is 5.92 Å². The highest BCUT2D eigenvalue weighted by molar-refractivity contribution is 6.00. The van der Waals surface area contributed by atoms with E-state index in [1.54, 1.807) is 0 Å². The van der Waals surface area contributed by atoms with Crippen LogP contribution in [0.3, 0.4) is 0 Å². The number of rotatable bonds is 5. The molecule has 0 aromatic heterocycles. The van der Waals surface area contributed by atoms with Gasteiger partial charge in [-0.25, -0.2) is 0 Å². The molecule has 1 aliphatic rings. The van der Waals surface area contributed by atoms with Crippen LogP contribution in [-0.4, -0.2) is 33.8 Å². The van der Waals surface area contributed by atoms with E-state index in [9.17, 15) is 9.59 Å². The van der Waals surface area contributed by atoms with Gasteiger partial charge in [0.15, 0.2) is 0 Å². The summed E-state index contributed by atoms with van der Waals surface area (Å²) < 4.78 is 0. The van der Waals surface area contributed by atoms with Crippen molar-refractivity contribution in [3.05, 3.63) is 0 Å². The average molecular weight is 282 g/mol. The quantitative estimate of drug-likeness (QED) is 0.843. The van der Waals surface area contributed by atoms with E-state index >= 15 is 0 Å². The predicted octanol–water partition coefficient (Wildman–Crippen LogP) is 2.72. The number of carbonyl (C=O) groups excluding carboxylic acids is 2. The van der Waals surface area contributed by atoms with Gasteiger partial charge >= 0.3 is 0 Å². The van der Waals surface area contributed by atoms with Crippen molar-refractivity contribution < 1.29 is 9.59 Å². The average Bonchev–Trinajstić information content (AvgIpc) is 2.41.